The Labute approximate surface area is 137 Å². The Morgan fingerprint density at radius 3 is 2.70 bits per heavy atom. The molecule has 3 aromatic rings. The molecule has 0 saturated carbocycles. The van der Waals surface area contributed by atoms with Crippen LogP contribution in [0.15, 0.2) is 54.6 Å². The molecule has 116 valence electrons. The summed E-state index contributed by atoms with van der Waals surface area (Å²) in [6, 6.07) is 14.8. The van der Waals surface area contributed by atoms with Crippen molar-refractivity contribution in [1.29, 1.82) is 0 Å². The fourth-order valence-electron chi connectivity index (χ4n) is 2.20. The van der Waals surface area contributed by atoms with Gasteiger partial charge in [0.15, 0.2) is 0 Å². The average Bonchev–Trinajstić information content (AvgIpc) is 3.01. The quantitative estimate of drug-likeness (QED) is 0.678. The van der Waals surface area contributed by atoms with E-state index in [4.69, 9.17) is 0 Å². The van der Waals surface area contributed by atoms with Crippen LogP contribution in [0, 0.1) is 12.7 Å². The number of carbonyl (C=O) groups excluding carboxylic acids is 1. The van der Waals surface area contributed by atoms with E-state index in [1.54, 1.807) is 42.5 Å². The first kappa shape index (κ1) is 15.2. The van der Waals surface area contributed by atoms with Crippen LogP contribution >= 0.6 is 11.3 Å². The number of benzene rings is 2. The minimum atomic E-state index is -0.335. The van der Waals surface area contributed by atoms with Gasteiger partial charge < -0.3 is 10.4 Å². The summed E-state index contributed by atoms with van der Waals surface area (Å²) in [5.41, 5.74) is 1.75. The van der Waals surface area contributed by atoms with Crippen molar-refractivity contribution in [3.8, 4) is 16.2 Å². The molecule has 0 saturated heterocycles. The number of amides is 1. The SMILES string of the molecule is Cc1ccc(O)c(NC(=O)c2ccc(-c3ccccc3F)s2)c1. The van der Waals surface area contributed by atoms with Gasteiger partial charge in [0.25, 0.3) is 5.91 Å². The molecule has 2 aromatic carbocycles. The summed E-state index contributed by atoms with van der Waals surface area (Å²) in [4.78, 5) is 13.4. The summed E-state index contributed by atoms with van der Waals surface area (Å²) in [6.07, 6.45) is 0. The van der Waals surface area contributed by atoms with Crippen molar-refractivity contribution in [3.63, 3.8) is 0 Å². The highest BCUT2D eigenvalue weighted by Crippen LogP contribution is 2.31. The van der Waals surface area contributed by atoms with Gasteiger partial charge in [-0.3, -0.25) is 4.79 Å². The van der Waals surface area contributed by atoms with E-state index < -0.39 is 0 Å². The van der Waals surface area contributed by atoms with Crippen molar-refractivity contribution in [2.45, 2.75) is 6.92 Å². The molecule has 5 heteroatoms. The van der Waals surface area contributed by atoms with Gasteiger partial charge in [-0.05, 0) is 42.8 Å². The second kappa shape index (κ2) is 6.22. The first-order chi connectivity index (χ1) is 11.0. The second-order valence-corrected chi connectivity index (χ2v) is 6.20. The highest BCUT2D eigenvalue weighted by Gasteiger charge is 2.14. The summed E-state index contributed by atoms with van der Waals surface area (Å²) in [6.45, 7) is 1.87. The number of anilines is 1. The summed E-state index contributed by atoms with van der Waals surface area (Å²) in [5, 5.41) is 12.5. The molecule has 0 spiro atoms. The lowest BCUT2D eigenvalue weighted by molar-refractivity contribution is 0.103. The molecule has 3 rings (SSSR count). The molecule has 0 radical (unpaired) electrons. The largest absolute Gasteiger partial charge is 0.506 e. The van der Waals surface area contributed by atoms with E-state index in [2.05, 4.69) is 5.32 Å². The van der Waals surface area contributed by atoms with Gasteiger partial charge in [-0.25, -0.2) is 4.39 Å². The Hall–Kier alpha value is -2.66. The van der Waals surface area contributed by atoms with Crippen molar-refractivity contribution in [2.24, 2.45) is 0 Å². The fraction of sp³-hybridized carbons (Fsp3) is 0.0556. The van der Waals surface area contributed by atoms with Gasteiger partial charge in [0, 0.05) is 10.4 Å². The van der Waals surface area contributed by atoms with E-state index >= 15 is 0 Å². The van der Waals surface area contributed by atoms with E-state index in [1.165, 1.54) is 23.5 Å². The van der Waals surface area contributed by atoms with Crippen LogP contribution in [0.5, 0.6) is 5.75 Å². The first-order valence-corrected chi connectivity index (χ1v) is 7.82. The number of aryl methyl sites for hydroxylation is 1. The van der Waals surface area contributed by atoms with Crippen molar-refractivity contribution in [2.75, 3.05) is 5.32 Å². The molecule has 0 bridgehead atoms. The molecule has 2 N–H and O–H groups in total. The van der Waals surface area contributed by atoms with Crippen molar-refractivity contribution >= 4 is 22.9 Å². The Morgan fingerprint density at radius 1 is 1.13 bits per heavy atom. The monoisotopic (exact) mass is 327 g/mol. The zero-order valence-corrected chi connectivity index (χ0v) is 13.2. The molecule has 1 amide bonds. The topological polar surface area (TPSA) is 49.3 Å². The van der Waals surface area contributed by atoms with Crippen molar-refractivity contribution in [1.82, 2.24) is 0 Å². The number of nitrogens with one attached hydrogen (secondary N) is 1. The number of phenols is 1. The van der Waals surface area contributed by atoms with E-state index in [0.717, 1.165) is 5.56 Å². The number of halogens is 1. The van der Waals surface area contributed by atoms with Crippen molar-refractivity contribution < 1.29 is 14.3 Å². The number of hydrogen-bond acceptors (Lipinski definition) is 3. The van der Waals surface area contributed by atoms with Gasteiger partial charge in [-0.2, -0.15) is 0 Å². The number of phenolic OH excluding ortho intramolecular Hbond substituents is 1. The lowest BCUT2D eigenvalue weighted by Gasteiger charge is -2.07. The lowest BCUT2D eigenvalue weighted by atomic mass is 10.2. The highest BCUT2D eigenvalue weighted by atomic mass is 32.1. The Kier molecular flexibility index (Phi) is 4.12. The maximum absolute atomic E-state index is 13.8. The molecule has 0 aliphatic carbocycles. The fourth-order valence-corrected chi connectivity index (χ4v) is 3.13. The average molecular weight is 327 g/mol. The van der Waals surface area contributed by atoms with Crippen LogP contribution in [-0.2, 0) is 0 Å². The molecule has 0 unspecified atom stereocenters. The Balaban J connectivity index is 1.84. The van der Waals surface area contributed by atoms with Gasteiger partial charge in [0.05, 0.1) is 10.6 Å². The number of carbonyl (C=O) groups is 1. The summed E-state index contributed by atoms with van der Waals surface area (Å²) in [5.74, 6) is -0.647. The van der Waals surface area contributed by atoms with Gasteiger partial charge in [0.1, 0.15) is 11.6 Å². The summed E-state index contributed by atoms with van der Waals surface area (Å²) >= 11 is 1.20. The van der Waals surface area contributed by atoms with E-state index in [1.807, 2.05) is 6.92 Å². The summed E-state index contributed by atoms with van der Waals surface area (Å²) < 4.78 is 13.8. The first-order valence-electron chi connectivity index (χ1n) is 7.00. The van der Waals surface area contributed by atoms with Gasteiger partial charge in [-0.15, -0.1) is 11.3 Å². The minimum absolute atomic E-state index is 0.00911. The molecule has 3 nitrogen and oxygen atoms in total. The molecule has 0 fully saturated rings. The van der Waals surface area contributed by atoms with Crippen LogP contribution in [-0.4, -0.2) is 11.0 Å². The van der Waals surface area contributed by atoms with Gasteiger partial charge in [-0.1, -0.05) is 24.3 Å². The highest BCUT2D eigenvalue weighted by molar-refractivity contribution is 7.17. The van der Waals surface area contributed by atoms with Crippen LogP contribution in [0.25, 0.3) is 10.4 Å². The molecule has 0 atom stereocenters. The molecule has 0 aliphatic heterocycles. The van der Waals surface area contributed by atoms with E-state index in [-0.39, 0.29) is 17.5 Å². The predicted octanol–water partition coefficient (Wildman–Crippen LogP) is 4.82. The third-order valence-electron chi connectivity index (χ3n) is 3.37. The smallest absolute Gasteiger partial charge is 0.265 e. The Bertz CT molecular complexity index is 873. The zero-order valence-electron chi connectivity index (χ0n) is 12.3. The van der Waals surface area contributed by atoms with Crippen molar-refractivity contribution in [3.05, 3.63) is 70.9 Å². The number of rotatable bonds is 3. The molecule has 0 aliphatic rings. The van der Waals surface area contributed by atoms with Gasteiger partial charge >= 0.3 is 0 Å². The second-order valence-electron chi connectivity index (χ2n) is 5.12. The van der Waals surface area contributed by atoms with Crippen LogP contribution in [0.4, 0.5) is 10.1 Å². The van der Waals surface area contributed by atoms with Gasteiger partial charge in [0.2, 0.25) is 0 Å². The maximum Gasteiger partial charge on any atom is 0.265 e. The number of aromatic hydroxyl groups is 1. The van der Waals surface area contributed by atoms with E-state index in [0.29, 0.717) is 21.0 Å². The number of hydrogen-bond donors (Lipinski definition) is 2. The molecule has 23 heavy (non-hydrogen) atoms. The lowest BCUT2D eigenvalue weighted by Crippen LogP contribution is -2.10. The zero-order chi connectivity index (χ0) is 16.4. The van der Waals surface area contributed by atoms with Crippen LogP contribution in [0.2, 0.25) is 0 Å². The van der Waals surface area contributed by atoms with Crippen LogP contribution in [0.1, 0.15) is 15.2 Å². The normalized spacial score (nSPS) is 10.5. The summed E-state index contributed by atoms with van der Waals surface area (Å²) in [7, 11) is 0. The number of thiophene rings is 1. The molecule has 1 aromatic heterocycles. The minimum Gasteiger partial charge on any atom is -0.506 e. The van der Waals surface area contributed by atoms with Crippen LogP contribution in [0.3, 0.4) is 0 Å². The predicted molar refractivity (Wildman–Crippen MR) is 90.5 cm³/mol. The molecule has 1 heterocycles. The third-order valence-corrected chi connectivity index (χ3v) is 4.49. The van der Waals surface area contributed by atoms with Crippen LogP contribution < -0.4 is 5.32 Å². The Morgan fingerprint density at radius 2 is 1.91 bits per heavy atom. The molecular weight excluding hydrogens is 313 g/mol. The van der Waals surface area contributed by atoms with E-state index in [9.17, 15) is 14.3 Å². The molecular formula is C18H14FNO2S. The third kappa shape index (κ3) is 3.24. The maximum atomic E-state index is 13.8. The standard InChI is InChI=1S/C18H14FNO2S/c1-11-6-7-15(21)14(10-11)20-18(22)17-9-8-16(23-17)12-4-2-3-5-13(12)19/h2-10,21H,1H3,(H,20,22).